The maximum atomic E-state index is 11.0. The molecule has 1 radical (unpaired) electrons. The van der Waals surface area contributed by atoms with E-state index in [1.54, 1.807) is 0 Å². The molecule has 12 nitrogen and oxygen atoms in total. The molecule has 2 N–H and O–H groups in total. The van der Waals surface area contributed by atoms with Gasteiger partial charge in [-0.15, -0.1) is 0 Å². The normalized spacial score (nSPS) is 13.4. The van der Waals surface area contributed by atoms with Crippen molar-refractivity contribution < 1.29 is 54.4 Å². The minimum Gasteiger partial charge on any atom is -0.379 e. The zero-order chi connectivity index (χ0) is 35.6. The Labute approximate surface area is 321 Å². The predicted molar refractivity (Wildman–Crippen MR) is 196 cm³/mol. The summed E-state index contributed by atoms with van der Waals surface area (Å²) in [6.45, 7) is 7.68. The van der Waals surface area contributed by atoms with Gasteiger partial charge in [0.25, 0.3) is 20.2 Å². The second-order valence-electron chi connectivity index (χ2n) is 12.5. The molecule has 0 aromatic rings. The van der Waals surface area contributed by atoms with Gasteiger partial charge in [-0.2, -0.15) is 16.8 Å². The Kier molecular flexibility index (Phi) is 38.9. The SMILES string of the molecule is CCCCCCCCCCOCC(COCCOCC(COCCCCCCCCCC)OCCCS(=O)(=O)O)OCCCS(=O)(=O)O.[Na]. The molecule has 0 bridgehead atoms. The molecule has 0 aliphatic rings. The molecule has 291 valence electrons. The predicted octanol–water partition coefficient (Wildman–Crippen LogP) is 6.28. The van der Waals surface area contributed by atoms with Gasteiger partial charge in [0.15, 0.2) is 0 Å². The Morgan fingerprint density at radius 3 is 1.00 bits per heavy atom. The van der Waals surface area contributed by atoms with Crippen molar-refractivity contribution in [1.82, 2.24) is 0 Å². The number of hydrogen-bond donors (Lipinski definition) is 2. The van der Waals surface area contributed by atoms with Crippen molar-refractivity contribution in [2.75, 3.05) is 77.6 Å². The first-order chi connectivity index (χ1) is 23.1. The van der Waals surface area contributed by atoms with Gasteiger partial charge in [0, 0.05) is 56.0 Å². The van der Waals surface area contributed by atoms with Gasteiger partial charge in [-0.1, -0.05) is 104 Å². The van der Waals surface area contributed by atoms with Gasteiger partial charge in [-0.25, -0.2) is 0 Å². The van der Waals surface area contributed by atoms with Crippen LogP contribution in [0.3, 0.4) is 0 Å². The molecule has 0 rings (SSSR count). The summed E-state index contributed by atoms with van der Waals surface area (Å²) in [5, 5.41) is 0. The summed E-state index contributed by atoms with van der Waals surface area (Å²) < 4.78 is 96.7. The number of ether oxygens (including phenoxy) is 6. The van der Waals surface area contributed by atoms with Crippen LogP contribution in [0.25, 0.3) is 0 Å². The van der Waals surface area contributed by atoms with E-state index in [1.165, 1.54) is 77.0 Å². The molecular weight excluding hydrogens is 687 g/mol. The molecule has 0 fully saturated rings. The van der Waals surface area contributed by atoms with Crippen LogP contribution in [0.5, 0.6) is 0 Å². The van der Waals surface area contributed by atoms with Gasteiger partial charge in [0.2, 0.25) is 0 Å². The largest absolute Gasteiger partial charge is 0.379 e. The monoisotopic (exact) mass is 757 g/mol. The van der Waals surface area contributed by atoms with Crippen LogP contribution in [0.15, 0.2) is 0 Å². The van der Waals surface area contributed by atoms with Crippen LogP contribution in [0.4, 0.5) is 0 Å². The topological polar surface area (TPSA) is 164 Å². The minimum atomic E-state index is -4.04. The molecule has 0 heterocycles. The fraction of sp³-hybridized carbons (Fsp3) is 1.00. The molecule has 0 aromatic carbocycles. The Balaban J connectivity index is 0. The van der Waals surface area contributed by atoms with Crippen molar-refractivity contribution in [3.8, 4) is 0 Å². The van der Waals surface area contributed by atoms with Crippen LogP contribution >= 0.6 is 0 Å². The summed E-state index contributed by atoms with van der Waals surface area (Å²) in [5.41, 5.74) is 0. The molecule has 0 spiro atoms. The van der Waals surface area contributed by atoms with Crippen molar-refractivity contribution in [1.29, 1.82) is 0 Å². The third-order valence-corrected chi connectivity index (χ3v) is 9.28. The fourth-order valence-corrected chi connectivity index (χ4v) is 5.89. The summed E-state index contributed by atoms with van der Waals surface area (Å²) in [7, 11) is -8.08. The third-order valence-electron chi connectivity index (χ3n) is 7.67. The number of rotatable bonds is 39. The molecule has 15 heteroatoms. The summed E-state index contributed by atoms with van der Waals surface area (Å²) in [6, 6.07) is 0. The molecular formula is C34H70NaO12S2. The first-order valence-corrected chi connectivity index (χ1v) is 21.7. The van der Waals surface area contributed by atoms with Crippen LogP contribution in [0.1, 0.15) is 129 Å². The summed E-state index contributed by atoms with van der Waals surface area (Å²) in [5.74, 6) is -0.731. The molecule has 0 saturated carbocycles. The Hall–Kier alpha value is 0.580. The van der Waals surface area contributed by atoms with Crippen LogP contribution < -0.4 is 0 Å². The first-order valence-electron chi connectivity index (χ1n) is 18.5. The summed E-state index contributed by atoms with van der Waals surface area (Å²) in [6.07, 6.45) is 18.9. The van der Waals surface area contributed by atoms with Crippen LogP contribution in [-0.2, 0) is 48.7 Å². The van der Waals surface area contributed by atoms with Crippen molar-refractivity contribution in [2.24, 2.45) is 0 Å². The van der Waals surface area contributed by atoms with E-state index in [1.807, 2.05) is 0 Å². The molecule has 0 aromatic heterocycles. The van der Waals surface area contributed by atoms with E-state index in [4.69, 9.17) is 37.5 Å². The first kappa shape index (κ1) is 51.7. The van der Waals surface area contributed by atoms with Gasteiger partial charge in [0.05, 0.1) is 51.1 Å². The van der Waals surface area contributed by atoms with Crippen LogP contribution in [0, 0.1) is 0 Å². The average Bonchev–Trinajstić information content (AvgIpc) is 3.02. The quantitative estimate of drug-likeness (QED) is 0.0411. The van der Waals surface area contributed by atoms with Gasteiger partial charge >= 0.3 is 0 Å². The van der Waals surface area contributed by atoms with E-state index in [9.17, 15) is 16.8 Å². The molecule has 0 aliphatic carbocycles. The van der Waals surface area contributed by atoms with Gasteiger partial charge in [0.1, 0.15) is 12.2 Å². The Morgan fingerprint density at radius 1 is 0.408 bits per heavy atom. The van der Waals surface area contributed by atoms with Crippen LogP contribution in [0.2, 0.25) is 0 Å². The van der Waals surface area contributed by atoms with Crippen molar-refractivity contribution in [2.45, 2.75) is 142 Å². The van der Waals surface area contributed by atoms with E-state index in [-0.39, 0.29) is 106 Å². The third kappa shape index (κ3) is 42.9. The van der Waals surface area contributed by atoms with E-state index < -0.39 is 20.2 Å². The summed E-state index contributed by atoms with van der Waals surface area (Å²) >= 11 is 0. The molecule has 0 aliphatic heterocycles. The molecule has 2 unspecified atom stereocenters. The zero-order valence-electron chi connectivity index (χ0n) is 31.2. The molecule has 0 amide bonds. The van der Waals surface area contributed by atoms with Crippen molar-refractivity contribution in [3.05, 3.63) is 0 Å². The van der Waals surface area contributed by atoms with Gasteiger partial charge < -0.3 is 28.4 Å². The van der Waals surface area contributed by atoms with E-state index in [0.717, 1.165) is 25.7 Å². The number of hydrogen-bond acceptors (Lipinski definition) is 10. The minimum absolute atomic E-state index is 0. The van der Waals surface area contributed by atoms with E-state index in [2.05, 4.69) is 13.8 Å². The zero-order valence-corrected chi connectivity index (χ0v) is 34.8. The maximum absolute atomic E-state index is 11.0. The van der Waals surface area contributed by atoms with Gasteiger partial charge in [-0.3, -0.25) is 9.11 Å². The van der Waals surface area contributed by atoms with E-state index in [0.29, 0.717) is 26.4 Å². The van der Waals surface area contributed by atoms with Gasteiger partial charge in [-0.05, 0) is 25.7 Å². The maximum Gasteiger partial charge on any atom is 0.264 e. The molecule has 49 heavy (non-hydrogen) atoms. The van der Waals surface area contributed by atoms with Crippen molar-refractivity contribution in [3.63, 3.8) is 0 Å². The second-order valence-corrected chi connectivity index (χ2v) is 15.7. The van der Waals surface area contributed by atoms with Crippen molar-refractivity contribution >= 4 is 49.8 Å². The fourth-order valence-electron chi connectivity index (χ4n) is 4.92. The van der Waals surface area contributed by atoms with Crippen LogP contribution in [-0.4, -0.2) is 145 Å². The average molecular weight is 758 g/mol. The second kappa shape index (κ2) is 36.9. The number of unbranched alkanes of at least 4 members (excludes halogenated alkanes) is 14. The smallest absolute Gasteiger partial charge is 0.264 e. The Bertz CT molecular complexity index is 822. The summed E-state index contributed by atoms with van der Waals surface area (Å²) in [4.78, 5) is 0. The Morgan fingerprint density at radius 2 is 0.694 bits per heavy atom. The molecule has 0 saturated heterocycles. The van der Waals surface area contributed by atoms with E-state index >= 15 is 0 Å². The standard InChI is InChI=1S/C34H70O12S2.Na/c1-3-5-7-9-11-13-15-17-21-41-29-33(45-23-19-27-47(35,36)37)31-43-25-26-44-32-34(46-24-20-28-48(38,39)40)30-42-22-18-16-14-12-10-8-6-4-2;/h33-34H,3-32H2,1-2H3,(H,35,36,37)(H,38,39,40);. The molecule has 2 atom stereocenters.